The van der Waals surface area contributed by atoms with Gasteiger partial charge in [-0.05, 0) is 25.7 Å². The second-order valence-corrected chi connectivity index (χ2v) is 7.39. The molecule has 2 amide bonds. The van der Waals surface area contributed by atoms with E-state index >= 15 is 0 Å². The molecule has 0 atom stereocenters. The zero-order valence-corrected chi connectivity index (χ0v) is 16.7. The van der Waals surface area contributed by atoms with Crippen molar-refractivity contribution in [2.45, 2.75) is 117 Å². The van der Waals surface area contributed by atoms with Crippen molar-refractivity contribution in [3.63, 3.8) is 0 Å². The largest absolute Gasteiger partial charge is 0.274 e. The van der Waals surface area contributed by atoms with Crippen LogP contribution in [0.1, 0.15) is 117 Å². The van der Waals surface area contributed by atoms with Crippen LogP contribution in [0.4, 0.5) is 0 Å². The summed E-state index contributed by atoms with van der Waals surface area (Å²) in [6.07, 6.45) is 20.1. The van der Waals surface area contributed by atoms with E-state index in [2.05, 4.69) is 19.9 Å². The number of hydrogen-bond acceptors (Lipinski definition) is 2. The molecular weight excluding hydrogens is 310 g/mol. The highest BCUT2D eigenvalue weighted by Crippen LogP contribution is 2.23. The van der Waals surface area contributed by atoms with Crippen molar-refractivity contribution in [2.24, 2.45) is 0 Å². The average Bonchev–Trinajstić information content (AvgIpc) is 2.94. The molecule has 0 radical (unpaired) electrons. The van der Waals surface area contributed by atoms with Crippen LogP contribution >= 0.6 is 0 Å². The number of unbranched alkanes of at least 4 members (excludes halogenated alkanes) is 11. The fraction of sp³-hybridized carbons (Fsp3) is 0.818. The fourth-order valence-corrected chi connectivity index (χ4v) is 3.48. The van der Waals surface area contributed by atoms with Crippen LogP contribution in [0.3, 0.4) is 0 Å². The van der Waals surface area contributed by atoms with Gasteiger partial charge in [0.05, 0.1) is 0 Å². The highest BCUT2D eigenvalue weighted by atomic mass is 16.2. The molecule has 0 aromatic heterocycles. The molecule has 0 N–H and O–H groups in total. The molecule has 1 rings (SSSR count). The summed E-state index contributed by atoms with van der Waals surface area (Å²) in [5.41, 5.74) is 0.973. The first-order chi connectivity index (χ1) is 12.2. The first-order valence-electron chi connectivity index (χ1n) is 10.8. The number of hydrogen-bond donors (Lipinski definition) is 0. The van der Waals surface area contributed by atoms with Gasteiger partial charge in [-0.2, -0.15) is 0 Å². The van der Waals surface area contributed by atoms with Crippen molar-refractivity contribution in [1.29, 1.82) is 0 Å². The number of nitrogens with zero attached hydrogens (tertiary/aromatic N) is 1. The maximum absolute atomic E-state index is 12.0. The standard InChI is InChI=1S/C22H39NO2/c1-3-5-7-8-9-10-11-12-13-15-17-20(16-14-6-4-2)23-21(24)18-19-22(23)25/h17H,3-16,18-19H2,1-2H3/b20-17+. The Hall–Kier alpha value is -1.12. The van der Waals surface area contributed by atoms with Crippen LogP contribution in [0.25, 0.3) is 0 Å². The lowest BCUT2D eigenvalue weighted by molar-refractivity contribution is -0.136. The molecule has 3 nitrogen and oxygen atoms in total. The number of allylic oxidation sites excluding steroid dienone is 2. The molecule has 25 heavy (non-hydrogen) atoms. The molecule has 0 saturated carbocycles. The Balaban J connectivity index is 2.28. The van der Waals surface area contributed by atoms with E-state index in [4.69, 9.17) is 0 Å². The molecule has 0 spiro atoms. The maximum Gasteiger partial charge on any atom is 0.234 e. The summed E-state index contributed by atoms with van der Waals surface area (Å²) >= 11 is 0. The van der Waals surface area contributed by atoms with Crippen molar-refractivity contribution in [3.05, 3.63) is 11.8 Å². The van der Waals surface area contributed by atoms with Crippen molar-refractivity contribution < 1.29 is 9.59 Å². The van der Waals surface area contributed by atoms with E-state index in [9.17, 15) is 9.59 Å². The van der Waals surface area contributed by atoms with Gasteiger partial charge < -0.3 is 0 Å². The molecule has 1 aliphatic rings. The summed E-state index contributed by atoms with van der Waals surface area (Å²) < 4.78 is 0. The van der Waals surface area contributed by atoms with E-state index in [1.807, 2.05) is 0 Å². The van der Waals surface area contributed by atoms with Gasteiger partial charge in [0.15, 0.2) is 0 Å². The smallest absolute Gasteiger partial charge is 0.234 e. The van der Waals surface area contributed by atoms with E-state index in [-0.39, 0.29) is 11.8 Å². The Bertz CT molecular complexity index is 398. The third-order valence-corrected chi connectivity index (χ3v) is 5.06. The molecule has 0 aliphatic carbocycles. The predicted molar refractivity (Wildman–Crippen MR) is 105 cm³/mol. The molecule has 0 aromatic rings. The van der Waals surface area contributed by atoms with E-state index < -0.39 is 0 Å². The second kappa shape index (κ2) is 14.1. The fourth-order valence-electron chi connectivity index (χ4n) is 3.48. The molecule has 0 aromatic carbocycles. The number of rotatable bonds is 15. The van der Waals surface area contributed by atoms with Crippen molar-refractivity contribution in [3.8, 4) is 0 Å². The number of carbonyl (C=O) groups excluding carboxylic acids is 2. The number of carbonyl (C=O) groups is 2. The average molecular weight is 350 g/mol. The van der Waals surface area contributed by atoms with E-state index in [1.54, 1.807) is 0 Å². The lowest BCUT2D eigenvalue weighted by Gasteiger charge is -2.18. The molecule has 0 unspecified atom stereocenters. The van der Waals surface area contributed by atoms with Crippen LogP contribution in [-0.4, -0.2) is 16.7 Å². The first kappa shape index (κ1) is 21.9. The topological polar surface area (TPSA) is 37.4 Å². The molecule has 0 bridgehead atoms. The quantitative estimate of drug-likeness (QED) is 0.249. The van der Waals surface area contributed by atoms with Crippen molar-refractivity contribution in [1.82, 2.24) is 4.90 Å². The minimum atomic E-state index is -0.000160. The Kier molecular flexibility index (Phi) is 12.4. The van der Waals surface area contributed by atoms with Gasteiger partial charge in [0.1, 0.15) is 0 Å². The lowest BCUT2D eigenvalue weighted by Crippen LogP contribution is -2.28. The van der Waals surface area contributed by atoms with Gasteiger partial charge >= 0.3 is 0 Å². The van der Waals surface area contributed by atoms with Crippen LogP contribution in [0.2, 0.25) is 0 Å². The Morgan fingerprint density at radius 2 is 1.24 bits per heavy atom. The highest BCUT2D eigenvalue weighted by Gasteiger charge is 2.31. The Morgan fingerprint density at radius 1 is 0.760 bits per heavy atom. The van der Waals surface area contributed by atoms with Crippen LogP contribution in [-0.2, 0) is 9.59 Å². The molecule has 1 saturated heterocycles. The Morgan fingerprint density at radius 3 is 1.80 bits per heavy atom. The van der Waals surface area contributed by atoms with Gasteiger partial charge in [0, 0.05) is 18.5 Å². The summed E-state index contributed by atoms with van der Waals surface area (Å²) in [4.78, 5) is 25.5. The summed E-state index contributed by atoms with van der Waals surface area (Å²) in [5.74, 6) is -0.000319. The molecular formula is C22H39NO2. The van der Waals surface area contributed by atoms with Gasteiger partial charge in [-0.15, -0.1) is 0 Å². The van der Waals surface area contributed by atoms with Gasteiger partial charge in [-0.25, -0.2) is 0 Å². The predicted octanol–water partition coefficient (Wildman–Crippen LogP) is 6.52. The van der Waals surface area contributed by atoms with Gasteiger partial charge in [-0.1, -0.05) is 84.1 Å². The number of imide groups is 1. The molecule has 1 aliphatic heterocycles. The monoisotopic (exact) mass is 349 g/mol. The summed E-state index contributed by atoms with van der Waals surface area (Å²) in [7, 11) is 0. The zero-order chi connectivity index (χ0) is 18.3. The minimum absolute atomic E-state index is 0.000160. The van der Waals surface area contributed by atoms with Crippen LogP contribution < -0.4 is 0 Å². The molecule has 144 valence electrons. The van der Waals surface area contributed by atoms with E-state index in [0.29, 0.717) is 12.8 Å². The van der Waals surface area contributed by atoms with Crippen LogP contribution in [0.15, 0.2) is 11.8 Å². The molecule has 1 heterocycles. The van der Waals surface area contributed by atoms with Crippen molar-refractivity contribution >= 4 is 11.8 Å². The van der Waals surface area contributed by atoms with Gasteiger partial charge in [0.2, 0.25) is 11.8 Å². The van der Waals surface area contributed by atoms with E-state index in [1.165, 1.54) is 62.7 Å². The van der Waals surface area contributed by atoms with Gasteiger partial charge in [0.25, 0.3) is 0 Å². The number of likely N-dealkylation sites (tertiary alicyclic amines) is 1. The lowest BCUT2D eigenvalue weighted by atomic mass is 10.1. The maximum atomic E-state index is 12.0. The zero-order valence-electron chi connectivity index (χ0n) is 16.7. The van der Waals surface area contributed by atoms with Crippen LogP contribution in [0, 0.1) is 0 Å². The van der Waals surface area contributed by atoms with Crippen molar-refractivity contribution in [2.75, 3.05) is 0 Å². The molecule has 3 heteroatoms. The number of amides is 2. The highest BCUT2D eigenvalue weighted by molar-refractivity contribution is 6.03. The minimum Gasteiger partial charge on any atom is -0.274 e. The van der Waals surface area contributed by atoms with Gasteiger partial charge in [-0.3, -0.25) is 14.5 Å². The summed E-state index contributed by atoms with van der Waals surface area (Å²) in [6.45, 7) is 4.44. The third-order valence-electron chi connectivity index (χ3n) is 5.06. The third kappa shape index (κ3) is 9.23. The normalized spacial score (nSPS) is 15.4. The summed E-state index contributed by atoms with van der Waals surface area (Å²) in [5, 5.41) is 0. The SMILES string of the molecule is CCCCCCCCCCC/C=C(\CCCCC)N1C(=O)CCC1=O. The Labute approximate surface area is 155 Å². The molecule has 1 fully saturated rings. The van der Waals surface area contributed by atoms with E-state index in [0.717, 1.165) is 37.8 Å². The second-order valence-electron chi connectivity index (χ2n) is 7.39. The van der Waals surface area contributed by atoms with Crippen LogP contribution in [0.5, 0.6) is 0 Å². The summed E-state index contributed by atoms with van der Waals surface area (Å²) in [6, 6.07) is 0. The first-order valence-corrected chi connectivity index (χ1v) is 10.8.